The normalized spacial score (nSPS) is 17.0. The van der Waals surface area contributed by atoms with Crippen LogP contribution in [0.3, 0.4) is 0 Å². The third-order valence-corrected chi connectivity index (χ3v) is 4.28. The van der Waals surface area contributed by atoms with Crippen LogP contribution in [-0.4, -0.2) is 54.8 Å². The first-order valence-electron chi connectivity index (χ1n) is 8.43. The van der Waals surface area contributed by atoms with E-state index >= 15 is 0 Å². The first kappa shape index (κ1) is 18.3. The second-order valence-electron chi connectivity index (χ2n) is 6.36. The van der Waals surface area contributed by atoms with Crippen LogP contribution in [0.25, 0.3) is 0 Å². The van der Waals surface area contributed by atoms with Crippen LogP contribution in [-0.2, 0) is 0 Å². The second-order valence-corrected chi connectivity index (χ2v) is 6.36. The van der Waals surface area contributed by atoms with Crippen molar-refractivity contribution in [2.75, 3.05) is 32.8 Å². The number of β-amino-alcohol motifs (C(OH)–C–C–N with tert-alkyl or cyclic N) is 1. The van der Waals surface area contributed by atoms with Gasteiger partial charge < -0.3 is 20.1 Å². The zero-order valence-corrected chi connectivity index (χ0v) is 14.2. The molecule has 1 fully saturated rings. The molecule has 0 spiro atoms. The molecule has 0 saturated carbocycles. The highest BCUT2D eigenvalue weighted by Crippen LogP contribution is 2.16. The van der Waals surface area contributed by atoms with Gasteiger partial charge in [-0.05, 0) is 56.1 Å². The van der Waals surface area contributed by atoms with E-state index in [2.05, 4.69) is 23.1 Å². The highest BCUT2D eigenvalue weighted by Gasteiger charge is 2.18. The van der Waals surface area contributed by atoms with E-state index in [1.807, 2.05) is 0 Å². The van der Waals surface area contributed by atoms with Crippen molar-refractivity contribution in [1.82, 2.24) is 10.2 Å². The van der Waals surface area contributed by atoms with Gasteiger partial charge in [-0.1, -0.05) is 12.8 Å². The molecule has 24 heavy (non-hydrogen) atoms. The van der Waals surface area contributed by atoms with Gasteiger partial charge in [0.2, 0.25) is 0 Å². The van der Waals surface area contributed by atoms with Gasteiger partial charge in [-0.2, -0.15) is 0 Å². The molecule has 1 heterocycles. The maximum Gasteiger partial charge on any atom is 0.251 e. The monoisotopic (exact) mass is 330 g/mol. The van der Waals surface area contributed by atoms with Crippen LogP contribution in [0.15, 0.2) is 24.3 Å². The number of aliphatic hydroxyl groups excluding tert-OH is 1. The Hall–Kier alpha value is -2.03. The number of terminal acetylenes is 1. The molecule has 1 amide bonds. The van der Waals surface area contributed by atoms with Crippen LogP contribution in [0.5, 0.6) is 5.75 Å². The first-order chi connectivity index (χ1) is 11.6. The first-order valence-corrected chi connectivity index (χ1v) is 8.43. The fourth-order valence-electron chi connectivity index (χ4n) is 2.75. The van der Waals surface area contributed by atoms with E-state index in [1.165, 1.54) is 12.8 Å². The van der Waals surface area contributed by atoms with Gasteiger partial charge in [0.05, 0.1) is 6.10 Å². The second kappa shape index (κ2) is 9.31. The number of hydrogen-bond donors (Lipinski definition) is 2. The number of nitrogens with one attached hydrogen (secondary N) is 1. The minimum absolute atomic E-state index is 0.201. The molecule has 1 aliphatic heterocycles. The Morgan fingerprint density at radius 1 is 1.42 bits per heavy atom. The zero-order chi connectivity index (χ0) is 17.4. The third-order valence-electron chi connectivity index (χ3n) is 4.28. The number of hydrogen-bond acceptors (Lipinski definition) is 4. The fourth-order valence-corrected chi connectivity index (χ4v) is 2.75. The Labute approximate surface area is 144 Å². The Kier molecular flexibility index (Phi) is 7.10. The predicted octanol–water partition coefficient (Wildman–Crippen LogP) is 1.52. The number of rotatable bonds is 7. The quantitative estimate of drug-likeness (QED) is 0.744. The summed E-state index contributed by atoms with van der Waals surface area (Å²) in [4.78, 5) is 14.4. The third kappa shape index (κ3) is 5.88. The van der Waals surface area contributed by atoms with Crippen molar-refractivity contribution < 1.29 is 14.6 Å². The van der Waals surface area contributed by atoms with Crippen LogP contribution in [0.2, 0.25) is 0 Å². The van der Waals surface area contributed by atoms with Crippen LogP contribution in [0, 0.1) is 18.3 Å². The minimum atomic E-state index is -0.555. The van der Waals surface area contributed by atoms with Crippen LogP contribution < -0.4 is 10.1 Å². The van der Waals surface area contributed by atoms with Gasteiger partial charge in [0, 0.05) is 18.7 Å². The molecule has 0 aromatic heterocycles. The van der Waals surface area contributed by atoms with E-state index in [1.54, 1.807) is 24.3 Å². The molecule has 2 N–H and O–H groups in total. The zero-order valence-electron chi connectivity index (χ0n) is 14.2. The number of nitrogens with zero attached hydrogens (tertiary/aromatic N) is 1. The Morgan fingerprint density at radius 3 is 2.71 bits per heavy atom. The molecular weight excluding hydrogens is 304 g/mol. The maximum absolute atomic E-state index is 12.1. The highest BCUT2D eigenvalue weighted by atomic mass is 16.5. The van der Waals surface area contributed by atoms with E-state index in [4.69, 9.17) is 11.2 Å². The molecule has 1 aromatic carbocycles. The standard InChI is InChI=1S/C19H26N2O3/c1-3-12-24-18-6-4-16(5-7-18)19(23)20-13-17(22)14-21-10-8-15(2)9-11-21/h1,4-7,15,17,22H,8-14H2,2H3,(H,20,23). The molecular formula is C19H26N2O3. The van der Waals surface area contributed by atoms with Gasteiger partial charge in [0.25, 0.3) is 5.91 Å². The largest absolute Gasteiger partial charge is 0.481 e. The Morgan fingerprint density at radius 2 is 2.08 bits per heavy atom. The SMILES string of the molecule is C#CCOc1ccc(C(=O)NCC(O)CN2CCC(C)CC2)cc1. The van der Waals surface area contributed by atoms with Crippen molar-refractivity contribution in [3.63, 3.8) is 0 Å². The van der Waals surface area contributed by atoms with E-state index in [-0.39, 0.29) is 19.1 Å². The molecule has 1 aromatic rings. The maximum atomic E-state index is 12.1. The Bertz CT molecular complexity index is 557. The van der Waals surface area contributed by atoms with Crippen molar-refractivity contribution >= 4 is 5.91 Å². The van der Waals surface area contributed by atoms with Gasteiger partial charge in [-0.25, -0.2) is 0 Å². The lowest BCUT2D eigenvalue weighted by Gasteiger charge is -2.31. The highest BCUT2D eigenvalue weighted by molar-refractivity contribution is 5.94. The summed E-state index contributed by atoms with van der Waals surface area (Å²) in [7, 11) is 0. The lowest BCUT2D eigenvalue weighted by Crippen LogP contribution is -2.43. The van der Waals surface area contributed by atoms with E-state index in [9.17, 15) is 9.90 Å². The van der Waals surface area contributed by atoms with Gasteiger partial charge in [0.1, 0.15) is 12.4 Å². The van der Waals surface area contributed by atoms with Gasteiger partial charge in [-0.3, -0.25) is 4.79 Å². The molecule has 1 saturated heterocycles. The van der Waals surface area contributed by atoms with E-state index in [0.717, 1.165) is 19.0 Å². The summed E-state index contributed by atoms with van der Waals surface area (Å²) in [5.74, 6) is 3.58. The average molecular weight is 330 g/mol. The lowest BCUT2D eigenvalue weighted by molar-refractivity contribution is 0.0795. The predicted molar refractivity (Wildman–Crippen MR) is 93.9 cm³/mol. The molecule has 2 rings (SSSR count). The number of carbonyl (C=O) groups excluding carboxylic acids is 1. The fraction of sp³-hybridized carbons (Fsp3) is 0.526. The summed E-state index contributed by atoms with van der Waals surface area (Å²) in [6.45, 7) is 5.35. The summed E-state index contributed by atoms with van der Waals surface area (Å²) in [6.07, 6.45) is 6.92. The number of carbonyl (C=O) groups is 1. The average Bonchev–Trinajstić information content (AvgIpc) is 2.60. The van der Waals surface area contributed by atoms with Crippen molar-refractivity contribution in [2.45, 2.75) is 25.9 Å². The number of amides is 1. The van der Waals surface area contributed by atoms with Crippen LogP contribution in [0.4, 0.5) is 0 Å². The summed E-state index contributed by atoms with van der Waals surface area (Å²) >= 11 is 0. The Balaban J connectivity index is 1.72. The molecule has 5 heteroatoms. The number of ether oxygens (including phenoxy) is 1. The van der Waals surface area contributed by atoms with E-state index < -0.39 is 6.10 Å². The molecule has 130 valence electrons. The molecule has 1 atom stereocenters. The lowest BCUT2D eigenvalue weighted by atomic mass is 9.99. The summed E-state index contributed by atoms with van der Waals surface area (Å²) in [5.41, 5.74) is 0.530. The van der Waals surface area contributed by atoms with Crippen molar-refractivity contribution in [3.8, 4) is 18.1 Å². The van der Waals surface area contributed by atoms with E-state index in [0.29, 0.717) is 17.9 Å². The molecule has 0 aliphatic carbocycles. The van der Waals surface area contributed by atoms with Crippen molar-refractivity contribution in [1.29, 1.82) is 0 Å². The number of benzene rings is 1. The number of aliphatic hydroxyl groups is 1. The van der Waals surface area contributed by atoms with Crippen molar-refractivity contribution in [3.05, 3.63) is 29.8 Å². The number of likely N-dealkylation sites (tertiary alicyclic amines) is 1. The molecule has 0 bridgehead atoms. The van der Waals surface area contributed by atoms with Gasteiger partial charge >= 0.3 is 0 Å². The van der Waals surface area contributed by atoms with Crippen LogP contribution >= 0.6 is 0 Å². The van der Waals surface area contributed by atoms with Crippen molar-refractivity contribution in [2.24, 2.45) is 5.92 Å². The molecule has 0 radical (unpaired) electrons. The van der Waals surface area contributed by atoms with Gasteiger partial charge in [-0.15, -0.1) is 6.42 Å². The van der Waals surface area contributed by atoms with Gasteiger partial charge in [0.15, 0.2) is 0 Å². The summed E-state index contributed by atoms with van der Waals surface area (Å²) < 4.78 is 5.27. The smallest absolute Gasteiger partial charge is 0.251 e. The topological polar surface area (TPSA) is 61.8 Å². The summed E-state index contributed by atoms with van der Waals surface area (Å²) in [6, 6.07) is 6.77. The molecule has 1 unspecified atom stereocenters. The van der Waals surface area contributed by atoms with Crippen LogP contribution in [0.1, 0.15) is 30.1 Å². The molecule has 1 aliphatic rings. The number of piperidine rings is 1. The summed E-state index contributed by atoms with van der Waals surface area (Å²) in [5, 5.41) is 12.9. The minimum Gasteiger partial charge on any atom is -0.481 e. The molecule has 5 nitrogen and oxygen atoms in total.